The number of nitrogens with one attached hydrogen (secondary N) is 2. The molecule has 0 saturated carbocycles. The van der Waals surface area contributed by atoms with Crippen molar-refractivity contribution in [1.82, 2.24) is 15.3 Å². The van der Waals surface area contributed by atoms with Gasteiger partial charge in [-0.15, -0.1) is 0 Å². The Hall–Kier alpha value is -1.68. The minimum atomic E-state index is -0.202. The van der Waals surface area contributed by atoms with Crippen LogP contribution in [0.3, 0.4) is 0 Å². The van der Waals surface area contributed by atoms with Gasteiger partial charge in [-0.1, -0.05) is 19.1 Å². The van der Waals surface area contributed by atoms with Gasteiger partial charge in [0.05, 0.1) is 6.04 Å². The molecule has 1 aromatic heterocycles. The van der Waals surface area contributed by atoms with Gasteiger partial charge in [0.2, 0.25) is 0 Å². The van der Waals surface area contributed by atoms with Crippen LogP contribution in [0.1, 0.15) is 30.8 Å². The maximum absolute atomic E-state index is 12.7. The zero-order valence-corrected chi connectivity index (χ0v) is 9.78. The van der Waals surface area contributed by atoms with Crippen molar-refractivity contribution in [3.63, 3.8) is 0 Å². The number of hydrogen-bond acceptors (Lipinski definition) is 2. The van der Waals surface area contributed by atoms with Gasteiger partial charge in [-0.05, 0) is 24.1 Å². The summed E-state index contributed by atoms with van der Waals surface area (Å²) in [5, 5.41) is 3.39. The average Bonchev–Trinajstić information content (AvgIpc) is 2.86. The molecule has 0 radical (unpaired) electrons. The highest BCUT2D eigenvalue weighted by molar-refractivity contribution is 5.16. The largest absolute Gasteiger partial charge is 0.347 e. The Morgan fingerprint density at radius 1 is 1.35 bits per heavy atom. The van der Waals surface area contributed by atoms with Gasteiger partial charge in [-0.3, -0.25) is 0 Å². The Bertz CT molecular complexity index is 436. The molecule has 1 heterocycles. The third kappa shape index (κ3) is 3.14. The lowest BCUT2D eigenvalue weighted by molar-refractivity contribution is 0.497. The molecule has 0 aliphatic carbocycles. The second-order valence-electron chi connectivity index (χ2n) is 3.94. The van der Waals surface area contributed by atoms with Crippen LogP contribution in [0.4, 0.5) is 4.39 Å². The number of H-pyrrole nitrogens is 1. The van der Waals surface area contributed by atoms with Crippen molar-refractivity contribution in [2.24, 2.45) is 0 Å². The Labute approximate surface area is 100 Å². The number of rotatable bonds is 5. The Balaban J connectivity index is 1.94. The lowest BCUT2D eigenvalue weighted by Crippen LogP contribution is -2.21. The van der Waals surface area contributed by atoms with E-state index in [1.54, 1.807) is 18.3 Å². The molecule has 1 unspecified atom stereocenters. The highest BCUT2D eigenvalue weighted by atomic mass is 19.1. The number of aromatic amines is 1. The second kappa shape index (κ2) is 5.59. The first-order chi connectivity index (χ1) is 8.29. The van der Waals surface area contributed by atoms with Crippen LogP contribution in [0.15, 0.2) is 36.7 Å². The smallest absolute Gasteiger partial charge is 0.123 e. The summed E-state index contributed by atoms with van der Waals surface area (Å²) in [6, 6.07) is 6.74. The van der Waals surface area contributed by atoms with E-state index in [0.29, 0.717) is 6.54 Å². The van der Waals surface area contributed by atoms with Crippen molar-refractivity contribution < 1.29 is 4.39 Å². The molecule has 2 N–H and O–H groups in total. The van der Waals surface area contributed by atoms with Gasteiger partial charge >= 0.3 is 0 Å². The third-order valence-electron chi connectivity index (χ3n) is 2.72. The summed E-state index contributed by atoms with van der Waals surface area (Å²) >= 11 is 0. The van der Waals surface area contributed by atoms with E-state index in [9.17, 15) is 4.39 Å². The Morgan fingerprint density at radius 2 is 2.12 bits per heavy atom. The lowest BCUT2D eigenvalue weighted by Gasteiger charge is -2.14. The topological polar surface area (TPSA) is 40.7 Å². The molecule has 90 valence electrons. The van der Waals surface area contributed by atoms with Crippen LogP contribution in [0, 0.1) is 5.82 Å². The van der Waals surface area contributed by atoms with Crippen LogP contribution in [0.2, 0.25) is 0 Å². The Kier molecular flexibility index (Phi) is 3.88. The summed E-state index contributed by atoms with van der Waals surface area (Å²) in [6.45, 7) is 2.81. The maximum Gasteiger partial charge on any atom is 0.123 e. The number of hydrogen-bond donors (Lipinski definition) is 2. The summed E-state index contributed by atoms with van der Waals surface area (Å²) < 4.78 is 12.7. The predicted octanol–water partition coefficient (Wildman–Crippen LogP) is 2.79. The number of aromatic nitrogens is 2. The first-order valence-electron chi connectivity index (χ1n) is 5.76. The molecule has 0 saturated heterocycles. The number of halogens is 1. The molecule has 2 rings (SSSR count). The van der Waals surface area contributed by atoms with Crippen molar-refractivity contribution in [2.45, 2.75) is 25.9 Å². The maximum atomic E-state index is 12.7. The minimum Gasteiger partial charge on any atom is -0.347 e. The average molecular weight is 233 g/mol. The molecule has 0 bridgehead atoms. The predicted molar refractivity (Wildman–Crippen MR) is 64.9 cm³/mol. The van der Waals surface area contributed by atoms with Gasteiger partial charge in [-0.25, -0.2) is 9.37 Å². The highest BCUT2D eigenvalue weighted by Gasteiger charge is 2.10. The summed E-state index contributed by atoms with van der Waals surface area (Å²) in [4.78, 5) is 7.34. The molecule has 4 heteroatoms. The standard InChI is InChI=1S/C13H16FN3/c1-2-12(13-15-7-8-16-13)17-9-10-3-5-11(14)6-4-10/h3-8,12,17H,2,9H2,1H3,(H,15,16). The quantitative estimate of drug-likeness (QED) is 0.833. The van der Waals surface area contributed by atoms with Crippen molar-refractivity contribution >= 4 is 0 Å². The van der Waals surface area contributed by atoms with Crippen LogP contribution in [-0.4, -0.2) is 9.97 Å². The van der Waals surface area contributed by atoms with E-state index < -0.39 is 0 Å². The SMILES string of the molecule is CCC(NCc1ccc(F)cc1)c1ncc[nH]1. The molecule has 17 heavy (non-hydrogen) atoms. The van der Waals surface area contributed by atoms with Crippen LogP contribution in [-0.2, 0) is 6.54 Å². The van der Waals surface area contributed by atoms with Crippen molar-refractivity contribution in [1.29, 1.82) is 0 Å². The molecule has 0 aliphatic heterocycles. The molecule has 0 fully saturated rings. The molecule has 1 atom stereocenters. The molecule has 2 aromatic rings. The number of nitrogens with zero attached hydrogens (tertiary/aromatic N) is 1. The van der Waals surface area contributed by atoms with Gasteiger partial charge in [-0.2, -0.15) is 0 Å². The van der Waals surface area contributed by atoms with Crippen LogP contribution in [0.25, 0.3) is 0 Å². The molecule has 3 nitrogen and oxygen atoms in total. The van der Waals surface area contributed by atoms with Crippen LogP contribution < -0.4 is 5.32 Å². The summed E-state index contributed by atoms with van der Waals surface area (Å²) in [6.07, 6.45) is 4.52. The zero-order valence-electron chi connectivity index (χ0n) is 9.78. The van der Waals surface area contributed by atoms with Gasteiger partial charge in [0.1, 0.15) is 11.6 Å². The first-order valence-corrected chi connectivity index (χ1v) is 5.76. The van der Waals surface area contributed by atoms with Crippen molar-refractivity contribution in [2.75, 3.05) is 0 Å². The monoisotopic (exact) mass is 233 g/mol. The highest BCUT2D eigenvalue weighted by Crippen LogP contribution is 2.12. The van der Waals surface area contributed by atoms with E-state index in [0.717, 1.165) is 17.8 Å². The molecule has 1 aromatic carbocycles. The molecule has 0 aliphatic rings. The van der Waals surface area contributed by atoms with Crippen molar-refractivity contribution in [3.8, 4) is 0 Å². The summed E-state index contributed by atoms with van der Waals surface area (Å²) in [5.41, 5.74) is 1.07. The van der Waals surface area contributed by atoms with Gasteiger partial charge in [0.25, 0.3) is 0 Å². The molecular weight excluding hydrogens is 217 g/mol. The van der Waals surface area contributed by atoms with Crippen LogP contribution >= 0.6 is 0 Å². The fourth-order valence-electron chi connectivity index (χ4n) is 1.75. The Morgan fingerprint density at radius 3 is 2.71 bits per heavy atom. The van der Waals surface area contributed by atoms with E-state index in [1.807, 2.05) is 6.20 Å². The number of benzene rings is 1. The molecule has 0 amide bonds. The molecular formula is C13H16FN3. The van der Waals surface area contributed by atoms with E-state index in [-0.39, 0.29) is 11.9 Å². The second-order valence-corrected chi connectivity index (χ2v) is 3.94. The fraction of sp³-hybridized carbons (Fsp3) is 0.308. The first kappa shape index (κ1) is 11.8. The minimum absolute atomic E-state index is 0.202. The van der Waals surface area contributed by atoms with Gasteiger partial charge in [0.15, 0.2) is 0 Å². The van der Waals surface area contributed by atoms with E-state index in [4.69, 9.17) is 0 Å². The van der Waals surface area contributed by atoms with Crippen molar-refractivity contribution in [3.05, 3.63) is 53.9 Å². The zero-order chi connectivity index (χ0) is 12.1. The number of imidazole rings is 1. The van der Waals surface area contributed by atoms with Crippen LogP contribution in [0.5, 0.6) is 0 Å². The fourth-order valence-corrected chi connectivity index (χ4v) is 1.75. The van der Waals surface area contributed by atoms with E-state index in [2.05, 4.69) is 22.2 Å². The lowest BCUT2D eigenvalue weighted by atomic mass is 10.1. The van der Waals surface area contributed by atoms with Gasteiger partial charge in [0, 0.05) is 18.9 Å². The third-order valence-corrected chi connectivity index (χ3v) is 2.72. The van der Waals surface area contributed by atoms with E-state index in [1.165, 1.54) is 12.1 Å². The normalized spacial score (nSPS) is 12.6. The van der Waals surface area contributed by atoms with E-state index >= 15 is 0 Å². The molecule has 0 spiro atoms. The summed E-state index contributed by atoms with van der Waals surface area (Å²) in [5.74, 6) is 0.737. The van der Waals surface area contributed by atoms with Gasteiger partial charge < -0.3 is 10.3 Å². The summed E-state index contributed by atoms with van der Waals surface area (Å²) in [7, 11) is 0.